The van der Waals surface area contributed by atoms with Gasteiger partial charge in [0.05, 0.1) is 6.67 Å². The molecule has 1 fully saturated rings. The summed E-state index contributed by atoms with van der Waals surface area (Å²) in [5, 5.41) is 5.51. The Balaban J connectivity index is 1.61. The van der Waals surface area contributed by atoms with Gasteiger partial charge in [0.25, 0.3) is 0 Å². The van der Waals surface area contributed by atoms with Crippen LogP contribution in [-0.2, 0) is 13.3 Å². The predicted molar refractivity (Wildman–Crippen MR) is 118 cm³/mol. The second kappa shape index (κ2) is 9.11. The van der Waals surface area contributed by atoms with Gasteiger partial charge in [-0.15, -0.1) is 0 Å². The number of likely N-dealkylation sites (tertiary alicyclic amines) is 1. The molecule has 1 aliphatic rings. The molecule has 1 saturated heterocycles. The van der Waals surface area contributed by atoms with Crippen molar-refractivity contribution >= 4 is 23.8 Å². The number of halogens is 1. The number of nitrogens with zero attached hydrogens (tertiary/aromatic N) is 4. The van der Waals surface area contributed by atoms with Crippen LogP contribution in [0.1, 0.15) is 25.6 Å². The van der Waals surface area contributed by atoms with E-state index in [0.29, 0.717) is 29.0 Å². The second-order valence-corrected chi connectivity index (χ2v) is 8.38. The van der Waals surface area contributed by atoms with Crippen LogP contribution in [0, 0.1) is 10.7 Å². The molecule has 2 heterocycles. The van der Waals surface area contributed by atoms with Crippen molar-refractivity contribution in [1.29, 1.82) is 0 Å². The minimum atomic E-state index is 0.323. The fourth-order valence-corrected chi connectivity index (χ4v) is 4.19. The first-order valence-electron chi connectivity index (χ1n) is 9.95. The van der Waals surface area contributed by atoms with E-state index in [0.717, 1.165) is 30.4 Å². The maximum Gasteiger partial charge on any atom is 0.203 e. The summed E-state index contributed by atoms with van der Waals surface area (Å²) in [6.45, 7) is 5.50. The van der Waals surface area contributed by atoms with E-state index in [2.05, 4.69) is 11.8 Å². The number of hydrogen-bond donors (Lipinski definition) is 0. The molecular formula is C22H25ClN4OS. The highest BCUT2D eigenvalue weighted by Gasteiger charge is 2.19. The lowest BCUT2D eigenvalue weighted by Crippen LogP contribution is -2.36. The number of benzene rings is 2. The number of ether oxygens (including phenoxy) is 1. The quantitative estimate of drug-likeness (QED) is 0.497. The number of piperidine rings is 1. The third-order valence-corrected chi connectivity index (χ3v) is 5.82. The van der Waals surface area contributed by atoms with Crippen molar-refractivity contribution in [3.8, 4) is 11.4 Å². The van der Waals surface area contributed by atoms with E-state index in [1.807, 2.05) is 63.8 Å². The monoisotopic (exact) mass is 428 g/mol. The minimum absolute atomic E-state index is 0.323. The average molecular weight is 429 g/mol. The van der Waals surface area contributed by atoms with Gasteiger partial charge in [-0.05, 0) is 73.9 Å². The highest BCUT2D eigenvalue weighted by atomic mass is 35.5. The molecule has 2 aromatic carbocycles. The summed E-state index contributed by atoms with van der Waals surface area (Å²) in [7, 11) is 0. The van der Waals surface area contributed by atoms with Crippen LogP contribution >= 0.6 is 23.8 Å². The fourth-order valence-electron chi connectivity index (χ4n) is 3.76. The zero-order valence-corrected chi connectivity index (χ0v) is 18.1. The van der Waals surface area contributed by atoms with E-state index in [1.54, 1.807) is 0 Å². The molecule has 0 spiro atoms. The zero-order valence-electron chi connectivity index (χ0n) is 16.5. The summed E-state index contributed by atoms with van der Waals surface area (Å²) < 4.78 is 10.6. The van der Waals surface area contributed by atoms with Crippen LogP contribution in [0.2, 0.25) is 5.02 Å². The van der Waals surface area contributed by atoms with Gasteiger partial charge in [-0.1, -0.05) is 36.7 Å². The first kappa shape index (κ1) is 20.1. The summed E-state index contributed by atoms with van der Waals surface area (Å²) in [5.41, 5.74) is 0.991. The molecule has 0 amide bonds. The van der Waals surface area contributed by atoms with Crippen LogP contribution in [0.5, 0.6) is 5.75 Å². The van der Waals surface area contributed by atoms with Crippen molar-refractivity contribution in [2.45, 2.75) is 33.0 Å². The summed E-state index contributed by atoms with van der Waals surface area (Å²) in [6.07, 6.45) is 2.51. The van der Waals surface area contributed by atoms with Gasteiger partial charge in [0.2, 0.25) is 4.77 Å². The molecule has 29 heavy (non-hydrogen) atoms. The molecule has 152 valence electrons. The van der Waals surface area contributed by atoms with Crippen molar-refractivity contribution in [2.75, 3.05) is 13.1 Å². The van der Waals surface area contributed by atoms with Gasteiger partial charge in [0.15, 0.2) is 5.82 Å². The lowest BCUT2D eigenvalue weighted by atomic mass is 10.0. The van der Waals surface area contributed by atoms with Gasteiger partial charge in [-0.25, -0.2) is 4.68 Å². The van der Waals surface area contributed by atoms with Crippen LogP contribution in [0.25, 0.3) is 5.69 Å². The largest absolute Gasteiger partial charge is 0.486 e. The molecule has 7 heteroatoms. The van der Waals surface area contributed by atoms with Crippen molar-refractivity contribution in [3.05, 3.63) is 70.2 Å². The molecule has 0 radical (unpaired) electrons. The Labute approximate surface area is 181 Å². The molecule has 0 saturated carbocycles. The van der Waals surface area contributed by atoms with Gasteiger partial charge in [-0.3, -0.25) is 9.47 Å². The van der Waals surface area contributed by atoms with Gasteiger partial charge < -0.3 is 4.74 Å². The third-order valence-electron chi connectivity index (χ3n) is 5.18. The first-order chi connectivity index (χ1) is 14.1. The standard InChI is InChI=1S/C22H25ClN4OS/c1-17-6-5-13-25(14-17)16-26-22(29)27(19-7-3-2-4-8-19)21(24-26)15-28-20-11-9-18(23)10-12-20/h2-4,7-12,17H,5-6,13-16H2,1H3. The molecule has 1 aromatic heterocycles. The van der Waals surface area contributed by atoms with Crippen LogP contribution in [0.4, 0.5) is 0 Å². The number of para-hydroxylation sites is 1. The minimum Gasteiger partial charge on any atom is -0.486 e. The number of aromatic nitrogens is 3. The molecule has 1 atom stereocenters. The summed E-state index contributed by atoms with van der Waals surface area (Å²) >= 11 is 11.8. The normalized spacial score (nSPS) is 17.4. The molecule has 0 bridgehead atoms. The van der Waals surface area contributed by atoms with Crippen molar-refractivity contribution < 1.29 is 4.74 Å². The lowest BCUT2D eigenvalue weighted by Gasteiger charge is -2.30. The molecule has 0 N–H and O–H groups in total. The molecular weight excluding hydrogens is 404 g/mol. The maximum absolute atomic E-state index is 5.97. The fraction of sp³-hybridized carbons (Fsp3) is 0.364. The van der Waals surface area contributed by atoms with Gasteiger partial charge in [-0.2, -0.15) is 5.10 Å². The highest BCUT2D eigenvalue weighted by Crippen LogP contribution is 2.20. The van der Waals surface area contributed by atoms with E-state index < -0.39 is 0 Å². The Morgan fingerprint density at radius 3 is 2.62 bits per heavy atom. The van der Waals surface area contributed by atoms with Crippen molar-refractivity contribution in [3.63, 3.8) is 0 Å². The lowest BCUT2D eigenvalue weighted by molar-refractivity contribution is 0.137. The SMILES string of the molecule is CC1CCCN(Cn2nc(COc3ccc(Cl)cc3)n(-c3ccccc3)c2=S)C1. The molecule has 5 nitrogen and oxygen atoms in total. The Morgan fingerprint density at radius 2 is 1.90 bits per heavy atom. The Hall–Kier alpha value is -2.15. The smallest absolute Gasteiger partial charge is 0.203 e. The van der Waals surface area contributed by atoms with E-state index in [9.17, 15) is 0 Å². The van der Waals surface area contributed by atoms with E-state index in [-0.39, 0.29) is 0 Å². The Morgan fingerprint density at radius 1 is 1.14 bits per heavy atom. The Kier molecular flexibility index (Phi) is 6.33. The van der Waals surface area contributed by atoms with Crippen molar-refractivity contribution in [1.82, 2.24) is 19.2 Å². The number of rotatable bonds is 6. The topological polar surface area (TPSA) is 35.2 Å². The molecule has 0 aliphatic carbocycles. The van der Waals surface area contributed by atoms with Crippen LogP contribution < -0.4 is 4.74 Å². The van der Waals surface area contributed by atoms with Gasteiger partial charge in [0.1, 0.15) is 12.4 Å². The van der Waals surface area contributed by atoms with Crippen LogP contribution in [0.15, 0.2) is 54.6 Å². The summed E-state index contributed by atoms with van der Waals surface area (Å²) in [6, 6.07) is 17.4. The summed E-state index contributed by atoms with van der Waals surface area (Å²) in [5.74, 6) is 2.24. The van der Waals surface area contributed by atoms with Crippen LogP contribution in [0.3, 0.4) is 0 Å². The second-order valence-electron chi connectivity index (χ2n) is 7.58. The van der Waals surface area contributed by atoms with E-state index >= 15 is 0 Å². The maximum atomic E-state index is 5.97. The van der Waals surface area contributed by atoms with Crippen LogP contribution in [-0.4, -0.2) is 32.3 Å². The predicted octanol–water partition coefficient (Wildman–Crippen LogP) is 5.33. The Bertz CT molecular complexity index is 1000. The molecule has 3 aromatic rings. The zero-order chi connectivity index (χ0) is 20.2. The molecule has 4 rings (SSSR count). The van der Waals surface area contributed by atoms with Crippen molar-refractivity contribution in [2.24, 2.45) is 5.92 Å². The van der Waals surface area contributed by atoms with E-state index in [4.69, 9.17) is 33.7 Å². The highest BCUT2D eigenvalue weighted by molar-refractivity contribution is 7.71. The third kappa shape index (κ3) is 4.89. The first-order valence-corrected chi connectivity index (χ1v) is 10.7. The molecule has 1 unspecified atom stereocenters. The van der Waals surface area contributed by atoms with Gasteiger partial charge in [0, 0.05) is 17.3 Å². The number of hydrogen-bond acceptors (Lipinski definition) is 4. The molecule has 1 aliphatic heterocycles. The summed E-state index contributed by atoms with van der Waals surface area (Å²) in [4.78, 5) is 2.43. The van der Waals surface area contributed by atoms with Gasteiger partial charge >= 0.3 is 0 Å². The van der Waals surface area contributed by atoms with E-state index in [1.165, 1.54) is 12.8 Å². The average Bonchev–Trinajstić information content (AvgIpc) is 3.03.